The third kappa shape index (κ3) is 3.46. The average molecular weight is 302 g/mol. The van der Waals surface area contributed by atoms with E-state index in [9.17, 15) is 4.79 Å². The number of aromatic nitrogens is 1. The first kappa shape index (κ1) is 14.8. The molecule has 0 aromatic carbocycles. The van der Waals surface area contributed by atoms with Crippen LogP contribution in [0.4, 0.5) is 5.13 Å². The monoisotopic (exact) mass is 301 g/mol. The molecule has 1 aromatic rings. The molecule has 6 heteroatoms. The zero-order valence-corrected chi connectivity index (χ0v) is 12.5. The minimum atomic E-state index is -0.0281. The Morgan fingerprint density at radius 1 is 1.26 bits per heavy atom. The van der Waals surface area contributed by atoms with E-state index in [4.69, 9.17) is 0 Å². The summed E-state index contributed by atoms with van der Waals surface area (Å²) in [4.78, 5) is 18.0. The fraction of sp³-hybridized carbons (Fsp3) is 0.692. The SMILES string of the molecule is Cl.O=C(Nc1nc2c(s1)CCCC2)[C@H]1CCCCN1. The molecule has 0 bridgehead atoms. The molecular weight excluding hydrogens is 282 g/mol. The highest BCUT2D eigenvalue weighted by Crippen LogP contribution is 2.29. The fourth-order valence-electron chi connectivity index (χ4n) is 2.67. The lowest BCUT2D eigenvalue weighted by Gasteiger charge is -2.21. The number of hydrogen-bond donors (Lipinski definition) is 2. The molecule has 1 aliphatic heterocycles. The Morgan fingerprint density at radius 3 is 2.84 bits per heavy atom. The molecule has 19 heavy (non-hydrogen) atoms. The molecule has 3 rings (SSSR count). The first-order valence-corrected chi connectivity index (χ1v) is 7.67. The molecule has 0 radical (unpaired) electrons. The normalized spacial score (nSPS) is 22.2. The van der Waals surface area contributed by atoms with Crippen molar-refractivity contribution in [2.24, 2.45) is 0 Å². The number of rotatable bonds is 2. The quantitative estimate of drug-likeness (QED) is 0.882. The summed E-state index contributed by atoms with van der Waals surface area (Å²) in [6, 6.07) is -0.0281. The smallest absolute Gasteiger partial charge is 0.243 e. The van der Waals surface area contributed by atoms with Gasteiger partial charge in [-0.05, 0) is 45.1 Å². The number of thiazole rings is 1. The number of piperidine rings is 1. The van der Waals surface area contributed by atoms with Crippen molar-refractivity contribution < 1.29 is 4.79 Å². The van der Waals surface area contributed by atoms with E-state index in [0.29, 0.717) is 0 Å². The minimum absolute atomic E-state index is 0. The van der Waals surface area contributed by atoms with Crippen molar-refractivity contribution in [2.45, 2.75) is 51.0 Å². The van der Waals surface area contributed by atoms with Crippen LogP contribution in [0.15, 0.2) is 0 Å². The van der Waals surface area contributed by atoms with Gasteiger partial charge in [-0.3, -0.25) is 4.79 Å². The van der Waals surface area contributed by atoms with Crippen molar-refractivity contribution in [1.82, 2.24) is 10.3 Å². The molecule has 4 nitrogen and oxygen atoms in total. The summed E-state index contributed by atoms with van der Waals surface area (Å²) in [6.07, 6.45) is 7.95. The van der Waals surface area contributed by atoms with Crippen LogP contribution in [0.2, 0.25) is 0 Å². The van der Waals surface area contributed by atoms with E-state index in [0.717, 1.165) is 37.4 Å². The summed E-state index contributed by atoms with van der Waals surface area (Å²) in [6.45, 7) is 0.951. The van der Waals surface area contributed by atoms with Crippen molar-refractivity contribution >= 4 is 34.8 Å². The van der Waals surface area contributed by atoms with Crippen molar-refractivity contribution in [2.75, 3.05) is 11.9 Å². The lowest BCUT2D eigenvalue weighted by atomic mass is 10.0. The Morgan fingerprint density at radius 2 is 2.11 bits per heavy atom. The predicted molar refractivity (Wildman–Crippen MR) is 80.3 cm³/mol. The Bertz CT molecular complexity index is 420. The van der Waals surface area contributed by atoms with Crippen LogP contribution < -0.4 is 10.6 Å². The topological polar surface area (TPSA) is 54.0 Å². The van der Waals surface area contributed by atoms with Crippen LogP contribution in [0, 0.1) is 0 Å². The van der Waals surface area contributed by atoms with Gasteiger partial charge in [0.1, 0.15) is 0 Å². The van der Waals surface area contributed by atoms with E-state index in [1.165, 1.54) is 29.8 Å². The first-order chi connectivity index (χ1) is 8.83. The highest BCUT2D eigenvalue weighted by Gasteiger charge is 2.22. The molecule has 2 aliphatic rings. The lowest BCUT2D eigenvalue weighted by Crippen LogP contribution is -2.43. The molecule has 1 aromatic heterocycles. The molecule has 0 spiro atoms. The van der Waals surface area contributed by atoms with Gasteiger partial charge in [0.25, 0.3) is 0 Å². The number of carbonyl (C=O) groups is 1. The number of nitrogens with one attached hydrogen (secondary N) is 2. The number of hydrogen-bond acceptors (Lipinski definition) is 4. The second kappa shape index (κ2) is 6.68. The van der Waals surface area contributed by atoms with Gasteiger partial charge >= 0.3 is 0 Å². The molecule has 0 unspecified atom stereocenters. The predicted octanol–water partition coefficient (Wildman–Crippen LogP) is 2.52. The maximum atomic E-state index is 12.1. The molecule has 1 saturated heterocycles. The molecule has 2 heterocycles. The second-order valence-corrected chi connectivity index (χ2v) is 6.17. The summed E-state index contributed by atoms with van der Waals surface area (Å²) in [5.41, 5.74) is 1.21. The zero-order valence-electron chi connectivity index (χ0n) is 10.9. The number of fused-ring (bicyclic) bond motifs is 1. The van der Waals surface area contributed by atoms with Crippen LogP contribution >= 0.6 is 23.7 Å². The molecule has 1 aliphatic carbocycles. The summed E-state index contributed by atoms with van der Waals surface area (Å²) >= 11 is 1.66. The number of anilines is 1. The number of amides is 1. The Hall–Kier alpha value is -0.650. The number of carbonyl (C=O) groups excluding carboxylic acids is 1. The molecule has 2 N–H and O–H groups in total. The number of nitrogens with zero attached hydrogens (tertiary/aromatic N) is 1. The summed E-state index contributed by atoms with van der Waals surface area (Å²) in [7, 11) is 0. The van der Waals surface area contributed by atoms with Gasteiger partial charge in [-0.15, -0.1) is 23.7 Å². The van der Waals surface area contributed by atoms with Crippen LogP contribution in [0.25, 0.3) is 0 Å². The molecule has 0 saturated carbocycles. The van der Waals surface area contributed by atoms with Crippen LogP contribution in [0.3, 0.4) is 0 Å². The van der Waals surface area contributed by atoms with Crippen molar-refractivity contribution in [3.8, 4) is 0 Å². The lowest BCUT2D eigenvalue weighted by molar-refractivity contribution is -0.118. The largest absolute Gasteiger partial charge is 0.306 e. The maximum Gasteiger partial charge on any atom is 0.243 e. The Balaban J connectivity index is 0.00000133. The third-order valence-corrected chi connectivity index (χ3v) is 4.78. The Kier molecular flexibility index (Phi) is 5.19. The summed E-state index contributed by atoms with van der Waals surface area (Å²) in [5, 5.41) is 7.03. The second-order valence-electron chi connectivity index (χ2n) is 5.09. The molecule has 106 valence electrons. The minimum Gasteiger partial charge on any atom is -0.306 e. The van der Waals surface area contributed by atoms with Crippen molar-refractivity contribution in [1.29, 1.82) is 0 Å². The summed E-state index contributed by atoms with van der Waals surface area (Å²) < 4.78 is 0. The third-order valence-electron chi connectivity index (χ3n) is 3.70. The summed E-state index contributed by atoms with van der Waals surface area (Å²) in [5.74, 6) is 0.0841. The highest BCUT2D eigenvalue weighted by atomic mass is 35.5. The van der Waals surface area contributed by atoms with E-state index >= 15 is 0 Å². The van der Waals surface area contributed by atoms with Crippen molar-refractivity contribution in [3.63, 3.8) is 0 Å². The van der Waals surface area contributed by atoms with Gasteiger partial charge in [-0.2, -0.15) is 0 Å². The molecule has 1 amide bonds. The van der Waals surface area contributed by atoms with Gasteiger partial charge in [-0.25, -0.2) is 4.98 Å². The van der Waals surface area contributed by atoms with E-state index < -0.39 is 0 Å². The molecule has 1 atom stereocenters. The van der Waals surface area contributed by atoms with E-state index in [1.54, 1.807) is 11.3 Å². The van der Waals surface area contributed by atoms with Crippen molar-refractivity contribution in [3.05, 3.63) is 10.6 Å². The standard InChI is InChI=1S/C13H19N3OS.ClH/c17-12(10-6-3-4-8-14-10)16-13-15-9-5-1-2-7-11(9)18-13;/h10,14H,1-8H2,(H,15,16,17);1H/t10-;/m1./s1. The van der Waals surface area contributed by atoms with Gasteiger partial charge in [0.2, 0.25) is 5.91 Å². The Labute approximate surface area is 123 Å². The zero-order chi connectivity index (χ0) is 12.4. The highest BCUT2D eigenvalue weighted by molar-refractivity contribution is 7.15. The average Bonchev–Trinajstić information content (AvgIpc) is 2.82. The van der Waals surface area contributed by atoms with Crippen LogP contribution in [-0.2, 0) is 17.6 Å². The van der Waals surface area contributed by atoms with Crippen LogP contribution in [-0.4, -0.2) is 23.5 Å². The fourth-order valence-corrected chi connectivity index (χ4v) is 3.73. The van der Waals surface area contributed by atoms with Gasteiger partial charge in [0, 0.05) is 4.88 Å². The van der Waals surface area contributed by atoms with Crippen LogP contribution in [0.5, 0.6) is 0 Å². The van der Waals surface area contributed by atoms with Gasteiger partial charge < -0.3 is 10.6 Å². The van der Waals surface area contributed by atoms with E-state index in [-0.39, 0.29) is 24.4 Å². The number of aryl methyl sites for hydroxylation is 2. The molecule has 1 fully saturated rings. The van der Waals surface area contributed by atoms with E-state index in [2.05, 4.69) is 15.6 Å². The van der Waals surface area contributed by atoms with E-state index in [1.807, 2.05) is 0 Å². The number of halogens is 1. The first-order valence-electron chi connectivity index (χ1n) is 6.86. The van der Waals surface area contributed by atoms with Gasteiger partial charge in [-0.1, -0.05) is 6.42 Å². The van der Waals surface area contributed by atoms with Gasteiger partial charge in [0.15, 0.2) is 5.13 Å². The maximum absolute atomic E-state index is 12.1. The van der Waals surface area contributed by atoms with Gasteiger partial charge in [0.05, 0.1) is 11.7 Å². The van der Waals surface area contributed by atoms with Crippen LogP contribution in [0.1, 0.15) is 42.7 Å². The molecular formula is C13H20ClN3OS.